The molecule has 8 heteroatoms. The number of amides is 2. The Morgan fingerprint density at radius 3 is 2.79 bits per heavy atom. The Kier molecular flexibility index (Phi) is 7.15. The Morgan fingerprint density at radius 1 is 1.28 bits per heavy atom. The van der Waals surface area contributed by atoms with Crippen LogP contribution in [0.1, 0.15) is 34.5 Å². The number of hydrogen-bond donors (Lipinski definition) is 4. The van der Waals surface area contributed by atoms with E-state index in [4.69, 9.17) is 9.94 Å². The SMILES string of the molecule is Cc1ncccc1COc1ccc(C(=O)N[C@@H]2CNCC[C@H]2CC(=O)NO)cc1. The topological polar surface area (TPSA) is 113 Å². The molecule has 1 aromatic heterocycles. The zero-order chi connectivity index (χ0) is 20.6. The summed E-state index contributed by atoms with van der Waals surface area (Å²) in [6.07, 6.45) is 2.66. The molecule has 1 saturated heterocycles. The van der Waals surface area contributed by atoms with E-state index in [2.05, 4.69) is 15.6 Å². The molecule has 2 amide bonds. The molecule has 0 spiro atoms. The summed E-state index contributed by atoms with van der Waals surface area (Å²) in [6.45, 7) is 3.70. The standard InChI is InChI=1S/C21H26N4O4/c1-14-17(3-2-9-23-14)13-29-18-6-4-15(5-7-18)21(27)24-19-12-22-10-8-16(19)11-20(26)25-28/h2-7,9,16,19,22,28H,8,10-13H2,1H3,(H,24,27)(H,25,26)/t16-,19+/m0/s1. The molecule has 29 heavy (non-hydrogen) atoms. The van der Waals surface area contributed by atoms with Gasteiger partial charge in [0.1, 0.15) is 12.4 Å². The van der Waals surface area contributed by atoms with Crippen molar-refractivity contribution in [2.75, 3.05) is 13.1 Å². The number of nitrogens with zero attached hydrogens (tertiary/aromatic N) is 1. The van der Waals surface area contributed by atoms with E-state index in [1.54, 1.807) is 35.9 Å². The maximum absolute atomic E-state index is 12.6. The van der Waals surface area contributed by atoms with Crippen LogP contribution in [0.4, 0.5) is 0 Å². The van der Waals surface area contributed by atoms with E-state index in [1.165, 1.54) is 0 Å². The first kappa shape index (κ1) is 20.8. The smallest absolute Gasteiger partial charge is 0.251 e. The lowest BCUT2D eigenvalue weighted by atomic mass is 9.89. The number of carbonyl (C=O) groups is 2. The van der Waals surface area contributed by atoms with Gasteiger partial charge in [0.05, 0.1) is 0 Å². The molecule has 1 fully saturated rings. The number of carbonyl (C=O) groups excluding carboxylic acids is 2. The van der Waals surface area contributed by atoms with Crippen molar-refractivity contribution in [3.63, 3.8) is 0 Å². The Bertz CT molecular complexity index is 841. The fraction of sp³-hybridized carbons (Fsp3) is 0.381. The number of ether oxygens (including phenoxy) is 1. The van der Waals surface area contributed by atoms with Crippen molar-refractivity contribution in [3.8, 4) is 5.75 Å². The number of pyridine rings is 1. The summed E-state index contributed by atoms with van der Waals surface area (Å²) in [5.74, 6) is -0.0106. The molecule has 0 unspecified atom stereocenters. The highest BCUT2D eigenvalue weighted by Crippen LogP contribution is 2.19. The van der Waals surface area contributed by atoms with Gasteiger partial charge in [0.25, 0.3) is 5.91 Å². The van der Waals surface area contributed by atoms with E-state index in [0.29, 0.717) is 24.5 Å². The molecular formula is C21H26N4O4. The lowest BCUT2D eigenvalue weighted by Gasteiger charge is -2.32. The minimum atomic E-state index is -0.443. The monoisotopic (exact) mass is 398 g/mol. The first-order valence-corrected chi connectivity index (χ1v) is 9.64. The highest BCUT2D eigenvalue weighted by atomic mass is 16.5. The third-order valence-electron chi connectivity index (χ3n) is 5.14. The van der Waals surface area contributed by atoms with Crippen molar-refractivity contribution in [2.24, 2.45) is 5.92 Å². The van der Waals surface area contributed by atoms with Gasteiger partial charge in [-0.2, -0.15) is 0 Å². The molecule has 2 atom stereocenters. The van der Waals surface area contributed by atoms with E-state index >= 15 is 0 Å². The largest absolute Gasteiger partial charge is 0.489 e. The molecule has 8 nitrogen and oxygen atoms in total. The maximum atomic E-state index is 12.6. The van der Waals surface area contributed by atoms with E-state index in [0.717, 1.165) is 24.2 Å². The molecule has 4 N–H and O–H groups in total. The van der Waals surface area contributed by atoms with Crippen LogP contribution in [0.25, 0.3) is 0 Å². The van der Waals surface area contributed by atoms with Crippen LogP contribution in [0.2, 0.25) is 0 Å². The van der Waals surface area contributed by atoms with E-state index in [9.17, 15) is 9.59 Å². The number of aromatic nitrogens is 1. The van der Waals surface area contributed by atoms with Gasteiger partial charge >= 0.3 is 0 Å². The molecule has 0 aliphatic carbocycles. The van der Waals surface area contributed by atoms with Crippen molar-refractivity contribution >= 4 is 11.8 Å². The van der Waals surface area contributed by atoms with E-state index in [-0.39, 0.29) is 24.3 Å². The van der Waals surface area contributed by atoms with Gasteiger partial charge < -0.3 is 15.4 Å². The van der Waals surface area contributed by atoms with E-state index in [1.807, 2.05) is 19.1 Å². The van der Waals surface area contributed by atoms with Crippen LogP contribution in [0.5, 0.6) is 5.75 Å². The Hall–Kier alpha value is -2.97. The first-order valence-electron chi connectivity index (χ1n) is 9.64. The second-order valence-corrected chi connectivity index (χ2v) is 7.13. The van der Waals surface area contributed by atoms with Gasteiger partial charge in [0.2, 0.25) is 5.91 Å². The number of nitrogens with one attached hydrogen (secondary N) is 3. The Labute approximate surface area is 169 Å². The highest BCUT2D eigenvalue weighted by molar-refractivity contribution is 5.94. The maximum Gasteiger partial charge on any atom is 0.251 e. The van der Waals surface area contributed by atoms with Gasteiger partial charge in [-0.05, 0) is 56.1 Å². The van der Waals surface area contributed by atoms with Crippen molar-refractivity contribution in [1.82, 2.24) is 21.1 Å². The van der Waals surface area contributed by atoms with Crippen LogP contribution < -0.4 is 20.9 Å². The summed E-state index contributed by atoms with van der Waals surface area (Å²) < 4.78 is 5.78. The fourth-order valence-corrected chi connectivity index (χ4v) is 3.40. The van der Waals surface area contributed by atoms with Crippen molar-refractivity contribution in [2.45, 2.75) is 32.4 Å². The van der Waals surface area contributed by atoms with Crippen molar-refractivity contribution < 1.29 is 19.5 Å². The van der Waals surface area contributed by atoms with Crippen LogP contribution in [0, 0.1) is 12.8 Å². The average Bonchev–Trinajstić information content (AvgIpc) is 2.74. The molecule has 0 bridgehead atoms. The number of aryl methyl sites for hydroxylation is 1. The van der Waals surface area contributed by atoms with Crippen LogP contribution >= 0.6 is 0 Å². The molecule has 0 radical (unpaired) electrons. The summed E-state index contributed by atoms with van der Waals surface area (Å²) in [4.78, 5) is 28.3. The second-order valence-electron chi connectivity index (χ2n) is 7.13. The number of hydrogen-bond acceptors (Lipinski definition) is 6. The lowest BCUT2D eigenvalue weighted by molar-refractivity contribution is -0.130. The summed E-state index contributed by atoms with van der Waals surface area (Å²) in [6, 6.07) is 10.6. The number of piperidine rings is 1. The summed E-state index contributed by atoms with van der Waals surface area (Å²) in [7, 11) is 0. The summed E-state index contributed by atoms with van der Waals surface area (Å²) in [5, 5.41) is 15.0. The van der Waals surface area contributed by atoms with Gasteiger partial charge in [-0.15, -0.1) is 0 Å². The van der Waals surface area contributed by atoms with E-state index < -0.39 is 5.91 Å². The third-order valence-corrected chi connectivity index (χ3v) is 5.14. The van der Waals surface area contributed by atoms with Gasteiger partial charge in [-0.3, -0.25) is 19.8 Å². The van der Waals surface area contributed by atoms with Crippen LogP contribution in [-0.2, 0) is 11.4 Å². The molecule has 2 aromatic rings. The lowest BCUT2D eigenvalue weighted by Crippen LogP contribution is -2.52. The first-order chi connectivity index (χ1) is 14.1. The molecule has 0 saturated carbocycles. The van der Waals surface area contributed by atoms with Crippen LogP contribution in [-0.4, -0.2) is 41.1 Å². The molecule has 3 rings (SSSR count). The zero-order valence-electron chi connectivity index (χ0n) is 16.4. The van der Waals surface area contributed by atoms with Crippen molar-refractivity contribution in [1.29, 1.82) is 0 Å². The number of benzene rings is 1. The fourth-order valence-electron chi connectivity index (χ4n) is 3.40. The Morgan fingerprint density at radius 2 is 2.07 bits per heavy atom. The predicted octanol–water partition coefficient (Wildman–Crippen LogP) is 1.57. The summed E-state index contributed by atoms with van der Waals surface area (Å²) in [5.41, 5.74) is 4.12. The highest BCUT2D eigenvalue weighted by Gasteiger charge is 2.28. The zero-order valence-corrected chi connectivity index (χ0v) is 16.4. The molecule has 1 aromatic carbocycles. The van der Waals surface area contributed by atoms with Gasteiger partial charge in [-0.1, -0.05) is 6.07 Å². The molecular weight excluding hydrogens is 372 g/mol. The molecule has 154 valence electrons. The number of rotatable bonds is 7. The van der Waals surface area contributed by atoms with Crippen LogP contribution in [0.3, 0.4) is 0 Å². The minimum Gasteiger partial charge on any atom is -0.489 e. The third kappa shape index (κ3) is 5.75. The normalized spacial score (nSPS) is 18.7. The molecule has 2 heterocycles. The average molecular weight is 398 g/mol. The van der Waals surface area contributed by atoms with Crippen molar-refractivity contribution in [3.05, 3.63) is 59.4 Å². The molecule has 1 aliphatic rings. The molecule has 1 aliphatic heterocycles. The predicted molar refractivity (Wildman–Crippen MR) is 107 cm³/mol. The van der Waals surface area contributed by atoms with Gasteiger partial charge in [0, 0.05) is 42.0 Å². The van der Waals surface area contributed by atoms with Gasteiger partial charge in [-0.25, -0.2) is 5.48 Å². The van der Waals surface area contributed by atoms with Crippen LogP contribution in [0.15, 0.2) is 42.6 Å². The Balaban J connectivity index is 1.56. The van der Waals surface area contributed by atoms with Gasteiger partial charge in [0.15, 0.2) is 0 Å². The summed E-state index contributed by atoms with van der Waals surface area (Å²) >= 11 is 0. The quantitative estimate of drug-likeness (QED) is 0.416. The minimum absolute atomic E-state index is 0.0299. The number of hydroxylamine groups is 1. The second kappa shape index (κ2) is 9.99.